The van der Waals surface area contributed by atoms with Gasteiger partial charge in [-0.15, -0.1) is 0 Å². The zero-order valence-electron chi connectivity index (χ0n) is 14.2. The zero-order valence-corrected chi connectivity index (χ0v) is 14.2. The summed E-state index contributed by atoms with van der Waals surface area (Å²) in [5.74, 6) is -0.828. The quantitative estimate of drug-likeness (QED) is 0.778. The number of anilines is 1. The Kier molecular flexibility index (Phi) is 4.65. The number of nitrogens with zero attached hydrogens (tertiary/aromatic N) is 1. The van der Waals surface area contributed by atoms with E-state index in [1.165, 1.54) is 22.8 Å². The highest BCUT2D eigenvalue weighted by Crippen LogP contribution is 2.16. The van der Waals surface area contributed by atoms with Gasteiger partial charge in [-0.25, -0.2) is 4.39 Å². The number of carbonyl (C=O) groups excluding carboxylic acids is 1. The van der Waals surface area contributed by atoms with E-state index in [4.69, 9.17) is 0 Å². The van der Waals surface area contributed by atoms with Gasteiger partial charge in [0.1, 0.15) is 11.5 Å². The summed E-state index contributed by atoms with van der Waals surface area (Å²) >= 11 is 0. The molecular weight excluding hydrogens is 319 g/mol. The molecule has 1 amide bonds. The summed E-state index contributed by atoms with van der Waals surface area (Å²) in [6.45, 7) is 4.31. The molecule has 0 aliphatic rings. The third kappa shape index (κ3) is 3.45. The predicted octanol–water partition coefficient (Wildman–Crippen LogP) is 4.11. The Morgan fingerprint density at radius 2 is 1.84 bits per heavy atom. The van der Waals surface area contributed by atoms with Crippen molar-refractivity contribution in [1.29, 1.82) is 0 Å². The van der Waals surface area contributed by atoms with Crippen molar-refractivity contribution in [2.45, 2.75) is 26.8 Å². The lowest BCUT2D eigenvalue weighted by molar-refractivity contribution is 0.101. The number of benzene rings is 2. The third-order valence-electron chi connectivity index (χ3n) is 4.06. The van der Waals surface area contributed by atoms with Crippen molar-refractivity contribution < 1.29 is 9.18 Å². The van der Waals surface area contributed by atoms with Crippen molar-refractivity contribution in [3.63, 3.8) is 0 Å². The molecule has 3 aromatic rings. The van der Waals surface area contributed by atoms with Crippen LogP contribution in [0.1, 0.15) is 29.4 Å². The van der Waals surface area contributed by atoms with E-state index in [-0.39, 0.29) is 17.2 Å². The van der Waals surface area contributed by atoms with Gasteiger partial charge in [0.05, 0.1) is 0 Å². The second-order valence-electron chi connectivity index (χ2n) is 6.04. The first-order valence-electron chi connectivity index (χ1n) is 8.20. The Morgan fingerprint density at radius 1 is 1.12 bits per heavy atom. The van der Waals surface area contributed by atoms with Crippen LogP contribution in [0, 0.1) is 12.7 Å². The summed E-state index contributed by atoms with van der Waals surface area (Å²) in [5.41, 5.74) is 1.67. The average Bonchev–Trinajstić information content (AvgIpc) is 2.59. The Hall–Kier alpha value is -2.95. The van der Waals surface area contributed by atoms with E-state index in [9.17, 15) is 14.0 Å². The fourth-order valence-electron chi connectivity index (χ4n) is 2.79. The molecule has 0 spiro atoms. The molecule has 0 atom stereocenters. The van der Waals surface area contributed by atoms with Gasteiger partial charge in [-0.2, -0.15) is 0 Å². The number of nitrogens with one attached hydrogen (secondary N) is 1. The number of aromatic nitrogens is 1. The molecule has 5 heteroatoms. The molecule has 0 aliphatic heterocycles. The standard InChI is InChI=1S/C20H19FN2O2/c1-3-10-23-18(19(24)22-16-7-4-13(2)5-8-16)12-14-11-15(21)6-9-17(14)20(23)25/h4-9,11-12H,3,10H2,1-2H3,(H,22,24). The van der Waals surface area contributed by atoms with E-state index in [1.54, 1.807) is 18.2 Å². The van der Waals surface area contributed by atoms with Crippen LogP contribution in [-0.2, 0) is 6.54 Å². The SMILES string of the molecule is CCCn1c(C(=O)Nc2ccc(C)cc2)cc2cc(F)ccc2c1=O. The van der Waals surface area contributed by atoms with Crippen LogP contribution in [-0.4, -0.2) is 10.5 Å². The number of rotatable bonds is 4. The van der Waals surface area contributed by atoms with E-state index >= 15 is 0 Å². The number of pyridine rings is 1. The summed E-state index contributed by atoms with van der Waals surface area (Å²) in [6.07, 6.45) is 0.706. The van der Waals surface area contributed by atoms with Crippen LogP contribution in [0.3, 0.4) is 0 Å². The fraction of sp³-hybridized carbons (Fsp3) is 0.200. The number of hydrogen-bond donors (Lipinski definition) is 1. The monoisotopic (exact) mass is 338 g/mol. The van der Waals surface area contributed by atoms with Crippen molar-refractivity contribution in [3.05, 3.63) is 76.0 Å². The van der Waals surface area contributed by atoms with Crippen molar-refractivity contribution in [3.8, 4) is 0 Å². The Bertz CT molecular complexity index is 991. The fourth-order valence-corrected chi connectivity index (χ4v) is 2.79. The smallest absolute Gasteiger partial charge is 0.272 e. The molecule has 0 unspecified atom stereocenters. The molecule has 1 heterocycles. The molecule has 25 heavy (non-hydrogen) atoms. The summed E-state index contributed by atoms with van der Waals surface area (Å²) in [7, 11) is 0. The number of fused-ring (bicyclic) bond motifs is 1. The van der Waals surface area contributed by atoms with Gasteiger partial charge in [0.2, 0.25) is 0 Å². The molecule has 3 rings (SSSR count). The van der Waals surface area contributed by atoms with Crippen LogP contribution in [0.2, 0.25) is 0 Å². The van der Waals surface area contributed by atoms with E-state index < -0.39 is 5.82 Å². The van der Waals surface area contributed by atoms with Gasteiger partial charge in [0.25, 0.3) is 11.5 Å². The van der Waals surface area contributed by atoms with Gasteiger partial charge in [-0.1, -0.05) is 24.6 Å². The lowest BCUT2D eigenvalue weighted by Crippen LogP contribution is -2.28. The molecular formula is C20H19FN2O2. The summed E-state index contributed by atoms with van der Waals surface area (Å²) in [5, 5.41) is 3.63. The zero-order chi connectivity index (χ0) is 18.0. The van der Waals surface area contributed by atoms with E-state index in [2.05, 4.69) is 5.32 Å². The van der Waals surface area contributed by atoms with Crippen LogP contribution in [0.15, 0.2) is 53.3 Å². The highest BCUT2D eigenvalue weighted by atomic mass is 19.1. The van der Waals surface area contributed by atoms with Crippen LogP contribution in [0.25, 0.3) is 10.8 Å². The molecule has 0 saturated heterocycles. The maximum Gasteiger partial charge on any atom is 0.272 e. The minimum atomic E-state index is -0.440. The molecule has 0 radical (unpaired) electrons. The van der Waals surface area contributed by atoms with E-state index in [0.717, 1.165) is 5.56 Å². The van der Waals surface area contributed by atoms with Gasteiger partial charge in [0.15, 0.2) is 0 Å². The highest BCUT2D eigenvalue weighted by molar-refractivity contribution is 6.05. The molecule has 2 aromatic carbocycles. The van der Waals surface area contributed by atoms with Crippen molar-refractivity contribution in [2.24, 2.45) is 0 Å². The normalized spacial score (nSPS) is 10.8. The van der Waals surface area contributed by atoms with E-state index in [1.807, 2.05) is 26.0 Å². The molecule has 0 aliphatic carbocycles. The molecule has 4 nitrogen and oxygen atoms in total. The number of aryl methyl sites for hydroxylation is 1. The first-order chi connectivity index (χ1) is 12.0. The van der Waals surface area contributed by atoms with Crippen molar-refractivity contribution >= 4 is 22.4 Å². The maximum absolute atomic E-state index is 13.5. The Morgan fingerprint density at radius 3 is 2.52 bits per heavy atom. The average molecular weight is 338 g/mol. The molecule has 1 aromatic heterocycles. The topological polar surface area (TPSA) is 51.1 Å². The first-order valence-corrected chi connectivity index (χ1v) is 8.20. The number of halogens is 1. The van der Waals surface area contributed by atoms with E-state index in [0.29, 0.717) is 29.4 Å². The van der Waals surface area contributed by atoms with Crippen molar-refractivity contribution in [1.82, 2.24) is 4.57 Å². The molecule has 0 saturated carbocycles. The summed E-state index contributed by atoms with van der Waals surface area (Å²) in [4.78, 5) is 25.4. The predicted molar refractivity (Wildman–Crippen MR) is 97.6 cm³/mol. The van der Waals surface area contributed by atoms with Gasteiger partial charge >= 0.3 is 0 Å². The van der Waals surface area contributed by atoms with Crippen LogP contribution < -0.4 is 10.9 Å². The summed E-state index contributed by atoms with van der Waals surface area (Å²) in [6, 6.07) is 12.9. The highest BCUT2D eigenvalue weighted by Gasteiger charge is 2.16. The minimum absolute atomic E-state index is 0.227. The second-order valence-corrected chi connectivity index (χ2v) is 6.04. The Labute approximate surface area is 144 Å². The number of amides is 1. The largest absolute Gasteiger partial charge is 0.321 e. The van der Waals surface area contributed by atoms with Gasteiger partial charge < -0.3 is 9.88 Å². The van der Waals surface area contributed by atoms with Crippen molar-refractivity contribution in [2.75, 3.05) is 5.32 Å². The number of hydrogen-bond acceptors (Lipinski definition) is 2. The summed E-state index contributed by atoms with van der Waals surface area (Å²) < 4.78 is 15.0. The van der Waals surface area contributed by atoms with Crippen LogP contribution >= 0.6 is 0 Å². The maximum atomic E-state index is 13.5. The number of carbonyl (C=O) groups is 1. The van der Waals surface area contributed by atoms with Crippen LogP contribution in [0.4, 0.5) is 10.1 Å². The van der Waals surface area contributed by atoms with Crippen LogP contribution in [0.5, 0.6) is 0 Å². The van der Waals surface area contributed by atoms with Gasteiger partial charge in [0, 0.05) is 17.6 Å². The lowest BCUT2D eigenvalue weighted by Gasteiger charge is -2.14. The van der Waals surface area contributed by atoms with Gasteiger partial charge in [-0.3, -0.25) is 9.59 Å². The minimum Gasteiger partial charge on any atom is -0.321 e. The Balaban J connectivity index is 2.09. The molecule has 0 fully saturated rings. The second kappa shape index (κ2) is 6.89. The molecule has 0 bridgehead atoms. The first kappa shape index (κ1) is 16.9. The molecule has 128 valence electrons. The van der Waals surface area contributed by atoms with Gasteiger partial charge in [-0.05, 0) is 55.1 Å². The lowest BCUT2D eigenvalue weighted by atomic mass is 10.1. The third-order valence-corrected chi connectivity index (χ3v) is 4.06. The molecule has 1 N–H and O–H groups in total.